The zero-order valence-electron chi connectivity index (χ0n) is 11.9. The van der Waals surface area contributed by atoms with Crippen molar-refractivity contribution >= 4 is 11.8 Å². The molecule has 0 radical (unpaired) electrons. The summed E-state index contributed by atoms with van der Waals surface area (Å²) in [7, 11) is 1.90. The molecule has 4 heteroatoms. The smallest absolute Gasteiger partial charge is 0.343 e. The molecule has 2 rings (SSSR count). The number of hydrogen-bond donors (Lipinski definition) is 0. The number of carbonyl (C=O) groups excluding carboxylic acids is 2. The number of esters is 1. The van der Waals surface area contributed by atoms with E-state index < -0.39 is 5.97 Å². The van der Waals surface area contributed by atoms with Crippen LogP contribution in [0.2, 0.25) is 0 Å². The van der Waals surface area contributed by atoms with Crippen molar-refractivity contribution in [2.24, 2.45) is 0 Å². The summed E-state index contributed by atoms with van der Waals surface area (Å²) >= 11 is 0. The molecule has 0 spiro atoms. The van der Waals surface area contributed by atoms with Crippen LogP contribution in [-0.2, 0) is 9.53 Å². The fourth-order valence-electron chi connectivity index (χ4n) is 2.40. The molecule has 0 aliphatic carbocycles. The average Bonchev–Trinajstić information content (AvgIpc) is 2.86. The first-order valence-electron chi connectivity index (χ1n) is 6.86. The molecule has 1 heterocycles. The fraction of sp³-hybridized carbons (Fsp3) is 0.375. The van der Waals surface area contributed by atoms with Gasteiger partial charge in [-0.25, -0.2) is 4.79 Å². The second kappa shape index (κ2) is 6.37. The zero-order valence-corrected chi connectivity index (χ0v) is 11.9. The Morgan fingerprint density at radius 2 is 1.95 bits per heavy atom. The van der Waals surface area contributed by atoms with Crippen molar-refractivity contribution in [3.63, 3.8) is 0 Å². The summed E-state index contributed by atoms with van der Waals surface area (Å²) < 4.78 is 5.06. The highest BCUT2D eigenvalue weighted by molar-refractivity contribution is 6.24. The van der Waals surface area contributed by atoms with E-state index in [2.05, 4.69) is 0 Å². The molecule has 1 aromatic carbocycles. The van der Waals surface area contributed by atoms with Gasteiger partial charge in [0.2, 0.25) is 5.78 Å². The molecule has 0 saturated carbocycles. The van der Waals surface area contributed by atoms with Gasteiger partial charge in [0.1, 0.15) is 5.57 Å². The molecular weight excluding hydrogens is 254 g/mol. The number of likely N-dealkylation sites (tertiary alicyclic amines) is 1. The summed E-state index contributed by atoms with van der Waals surface area (Å²) in [5, 5.41) is 0. The maximum absolute atomic E-state index is 12.6. The monoisotopic (exact) mass is 273 g/mol. The Hall–Kier alpha value is -2.10. The van der Waals surface area contributed by atoms with Crippen LogP contribution in [0.15, 0.2) is 41.6 Å². The summed E-state index contributed by atoms with van der Waals surface area (Å²) in [6.07, 6.45) is 1.69. The molecule has 20 heavy (non-hydrogen) atoms. The van der Waals surface area contributed by atoms with Crippen LogP contribution in [0.4, 0.5) is 0 Å². The number of ether oxygens (including phenoxy) is 1. The molecule has 1 saturated heterocycles. The van der Waals surface area contributed by atoms with Gasteiger partial charge in [-0.15, -0.1) is 0 Å². The number of Topliss-reactive ketones (excluding diaryl/α,β-unsaturated/α-hetero) is 1. The highest BCUT2D eigenvalue weighted by Crippen LogP contribution is 2.25. The minimum absolute atomic E-state index is 0.179. The zero-order chi connectivity index (χ0) is 14.5. The number of rotatable bonds is 4. The number of ketones is 1. The van der Waals surface area contributed by atoms with Gasteiger partial charge in [0, 0.05) is 24.9 Å². The van der Waals surface area contributed by atoms with Gasteiger partial charge >= 0.3 is 5.97 Å². The van der Waals surface area contributed by atoms with E-state index in [0.717, 1.165) is 25.1 Å². The normalized spacial score (nSPS) is 17.0. The van der Waals surface area contributed by atoms with Crippen LogP contribution in [0.3, 0.4) is 0 Å². The lowest BCUT2D eigenvalue weighted by Gasteiger charge is -2.17. The van der Waals surface area contributed by atoms with E-state index in [-0.39, 0.29) is 18.0 Å². The first-order valence-corrected chi connectivity index (χ1v) is 6.86. The summed E-state index contributed by atoms with van der Waals surface area (Å²) in [5.41, 5.74) is 1.48. The van der Waals surface area contributed by atoms with Crippen molar-refractivity contribution in [3.8, 4) is 0 Å². The van der Waals surface area contributed by atoms with Crippen LogP contribution in [0, 0.1) is 0 Å². The lowest BCUT2D eigenvalue weighted by atomic mass is 10.0. The second-order valence-corrected chi connectivity index (χ2v) is 4.76. The Morgan fingerprint density at radius 3 is 2.50 bits per heavy atom. The topological polar surface area (TPSA) is 46.6 Å². The number of carbonyl (C=O) groups is 2. The molecule has 4 nitrogen and oxygen atoms in total. The largest absolute Gasteiger partial charge is 0.462 e. The van der Waals surface area contributed by atoms with Gasteiger partial charge in [-0.2, -0.15) is 0 Å². The molecule has 0 bridgehead atoms. The molecule has 1 aromatic rings. The molecule has 106 valence electrons. The summed E-state index contributed by atoms with van der Waals surface area (Å²) in [4.78, 5) is 26.7. The van der Waals surface area contributed by atoms with Crippen molar-refractivity contribution in [2.75, 3.05) is 20.2 Å². The third-order valence-electron chi connectivity index (χ3n) is 3.40. The average molecular weight is 273 g/mol. The third kappa shape index (κ3) is 2.90. The van der Waals surface area contributed by atoms with Crippen molar-refractivity contribution in [2.45, 2.75) is 19.8 Å². The lowest BCUT2D eigenvalue weighted by molar-refractivity contribution is -0.138. The van der Waals surface area contributed by atoms with Crippen LogP contribution in [0.25, 0.3) is 0 Å². The van der Waals surface area contributed by atoms with E-state index in [4.69, 9.17) is 4.74 Å². The van der Waals surface area contributed by atoms with Gasteiger partial charge in [0.25, 0.3) is 0 Å². The van der Waals surface area contributed by atoms with Gasteiger partial charge in [0.05, 0.1) is 6.61 Å². The predicted octanol–water partition coefficient (Wildman–Crippen LogP) is 2.41. The SMILES string of the molecule is CCOC(=O)/C(C(=O)c1ccccc1)=C1\CCCN1C. The van der Waals surface area contributed by atoms with Crippen molar-refractivity contribution in [3.05, 3.63) is 47.2 Å². The van der Waals surface area contributed by atoms with Crippen LogP contribution < -0.4 is 0 Å². The number of nitrogens with zero attached hydrogens (tertiary/aromatic N) is 1. The van der Waals surface area contributed by atoms with E-state index in [1.54, 1.807) is 31.2 Å². The van der Waals surface area contributed by atoms with E-state index in [1.165, 1.54) is 0 Å². The molecular formula is C16H19NO3. The van der Waals surface area contributed by atoms with Crippen LogP contribution in [-0.4, -0.2) is 36.9 Å². The highest BCUT2D eigenvalue weighted by atomic mass is 16.5. The van der Waals surface area contributed by atoms with E-state index in [9.17, 15) is 9.59 Å². The Labute approximate surface area is 119 Å². The molecule has 1 aliphatic heterocycles. The molecule has 0 N–H and O–H groups in total. The minimum atomic E-state index is -0.523. The van der Waals surface area contributed by atoms with Crippen molar-refractivity contribution in [1.29, 1.82) is 0 Å². The second-order valence-electron chi connectivity index (χ2n) is 4.76. The number of hydrogen-bond acceptors (Lipinski definition) is 4. The molecule has 0 atom stereocenters. The molecule has 0 amide bonds. The fourth-order valence-corrected chi connectivity index (χ4v) is 2.40. The van der Waals surface area contributed by atoms with Gasteiger partial charge in [-0.05, 0) is 19.8 Å². The Morgan fingerprint density at radius 1 is 1.25 bits per heavy atom. The van der Waals surface area contributed by atoms with Crippen LogP contribution in [0.5, 0.6) is 0 Å². The third-order valence-corrected chi connectivity index (χ3v) is 3.40. The predicted molar refractivity (Wildman–Crippen MR) is 76.3 cm³/mol. The van der Waals surface area contributed by atoms with Gasteiger partial charge in [-0.3, -0.25) is 4.79 Å². The van der Waals surface area contributed by atoms with E-state index >= 15 is 0 Å². The highest BCUT2D eigenvalue weighted by Gasteiger charge is 2.29. The molecule has 1 fully saturated rings. The van der Waals surface area contributed by atoms with Gasteiger partial charge in [0.15, 0.2) is 0 Å². The number of benzene rings is 1. The molecule has 1 aliphatic rings. The first-order chi connectivity index (χ1) is 9.65. The summed E-state index contributed by atoms with van der Waals surface area (Å²) in [6.45, 7) is 2.87. The quantitative estimate of drug-likeness (QED) is 0.278. The minimum Gasteiger partial charge on any atom is -0.462 e. The Kier molecular flexibility index (Phi) is 4.56. The summed E-state index contributed by atoms with van der Waals surface area (Å²) in [5.74, 6) is -0.780. The first kappa shape index (κ1) is 14.3. The van der Waals surface area contributed by atoms with E-state index in [1.807, 2.05) is 18.0 Å². The van der Waals surface area contributed by atoms with Gasteiger partial charge < -0.3 is 9.64 Å². The summed E-state index contributed by atoms with van der Waals surface area (Å²) in [6, 6.07) is 8.86. The molecule has 0 aromatic heterocycles. The Balaban J connectivity index is 2.42. The van der Waals surface area contributed by atoms with Crippen molar-refractivity contribution in [1.82, 2.24) is 4.90 Å². The maximum atomic E-state index is 12.6. The van der Waals surface area contributed by atoms with Crippen molar-refractivity contribution < 1.29 is 14.3 Å². The lowest BCUT2D eigenvalue weighted by Crippen LogP contribution is -2.23. The van der Waals surface area contributed by atoms with E-state index in [0.29, 0.717) is 5.56 Å². The standard InChI is InChI=1S/C16H19NO3/c1-3-20-16(19)14(13-10-7-11-17(13)2)15(18)12-8-5-4-6-9-12/h4-6,8-9H,3,7,10-11H2,1-2H3/b14-13+. The number of allylic oxidation sites excluding steroid dienone is 1. The van der Waals surface area contributed by atoms with Crippen LogP contribution in [0.1, 0.15) is 30.1 Å². The van der Waals surface area contributed by atoms with Crippen LogP contribution >= 0.6 is 0 Å². The maximum Gasteiger partial charge on any atom is 0.343 e. The molecule has 0 unspecified atom stereocenters. The van der Waals surface area contributed by atoms with Gasteiger partial charge in [-0.1, -0.05) is 30.3 Å². The Bertz CT molecular complexity index is 534.